The molecule has 4 rings (SSSR count). The molecule has 17 nitrogen and oxygen atoms in total. The molecule has 4 N–H and O–H groups in total. The number of nitrogens with zero attached hydrogens (tertiary/aromatic N) is 4. The van der Waals surface area contributed by atoms with Crippen LogP contribution in [0.2, 0.25) is 5.02 Å². The number of ether oxygens (including phenoxy) is 5. The van der Waals surface area contributed by atoms with Crippen LogP contribution in [0.1, 0.15) is 71.2 Å². The fourth-order valence-corrected chi connectivity index (χ4v) is 6.12. The van der Waals surface area contributed by atoms with Gasteiger partial charge in [-0.2, -0.15) is 10.5 Å². The molecular formula is C42H46ClN7O10S. The van der Waals surface area contributed by atoms with Crippen LogP contribution in [0, 0.1) is 22.7 Å². The number of halogens is 1. The van der Waals surface area contributed by atoms with Gasteiger partial charge in [0.05, 0.1) is 24.1 Å². The largest absolute Gasteiger partial charge is 0.490 e. The van der Waals surface area contributed by atoms with Crippen molar-refractivity contribution in [1.82, 2.24) is 20.6 Å². The Balaban J connectivity index is 1.44. The molecule has 0 fully saturated rings. The van der Waals surface area contributed by atoms with Crippen LogP contribution < -0.4 is 21.1 Å². The van der Waals surface area contributed by atoms with Crippen LogP contribution in [0.5, 0.6) is 5.75 Å². The molecule has 0 bridgehead atoms. The second-order valence-corrected chi connectivity index (χ2v) is 16.5. The fourth-order valence-electron chi connectivity index (χ4n) is 5.12. The van der Waals surface area contributed by atoms with Gasteiger partial charge in [0.1, 0.15) is 65.0 Å². The maximum atomic E-state index is 12.8. The monoisotopic (exact) mass is 875 g/mol. The molecule has 0 spiro atoms. The van der Waals surface area contributed by atoms with Gasteiger partial charge in [-0.1, -0.05) is 35.5 Å². The molecule has 0 unspecified atom stereocenters. The van der Waals surface area contributed by atoms with E-state index in [1.165, 1.54) is 18.0 Å². The van der Waals surface area contributed by atoms with E-state index in [1.807, 2.05) is 0 Å². The summed E-state index contributed by atoms with van der Waals surface area (Å²) in [5, 5.41) is 26.1. The van der Waals surface area contributed by atoms with Crippen molar-refractivity contribution < 1.29 is 47.3 Å². The molecule has 2 amide bonds. The van der Waals surface area contributed by atoms with Crippen LogP contribution in [0.15, 0.2) is 64.2 Å². The zero-order valence-electron chi connectivity index (χ0n) is 34.5. The zero-order valence-corrected chi connectivity index (χ0v) is 36.0. The van der Waals surface area contributed by atoms with Crippen molar-refractivity contribution in [2.45, 2.75) is 82.5 Å². The van der Waals surface area contributed by atoms with E-state index in [4.69, 9.17) is 45.4 Å². The average molecular weight is 876 g/mol. The maximum Gasteiger partial charge on any atom is 0.407 e. The number of rotatable bonds is 17. The molecular weight excluding hydrogens is 830 g/mol. The van der Waals surface area contributed by atoms with E-state index in [1.54, 1.807) is 90.1 Å². The summed E-state index contributed by atoms with van der Waals surface area (Å²) in [7, 11) is 0. The van der Waals surface area contributed by atoms with Crippen molar-refractivity contribution in [2.24, 2.45) is 0 Å². The third-order valence-electron chi connectivity index (χ3n) is 7.72. The molecule has 4 aromatic rings. The van der Waals surface area contributed by atoms with Crippen LogP contribution in [-0.2, 0) is 34.3 Å². The third-order valence-corrected chi connectivity index (χ3v) is 8.98. The molecule has 1 atom stereocenters. The number of oxazole rings is 1. The van der Waals surface area contributed by atoms with E-state index >= 15 is 0 Å². The fraction of sp³-hybridized carbons (Fsp3) is 0.381. The molecule has 0 radical (unpaired) electrons. The highest BCUT2D eigenvalue weighted by molar-refractivity contribution is 7.98. The molecule has 61 heavy (non-hydrogen) atoms. The molecule has 0 saturated carbocycles. The van der Waals surface area contributed by atoms with Crippen molar-refractivity contribution in [3.63, 3.8) is 0 Å². The second kappa shape index (κ2) is 21.7. The van der Waals surface area contributed by atoms with Crippen molar-refractivity contribution in [3.8, 4) is 40.5 Å². The van der Waals surface area contributed by atoms with Gasteiger partial charge in [0.25, 0.3) is 0 Å². The first-order valence-electron chi connectivity index (χ1n) is 18.8. The number of nitrogens with two attached hydrogens (primary N) is 1. The second-order valence-electron chi connectivity index (χ2n) is 15.1. The minimum absolute atomic E-state index is 0.0114. The summed E-state index contributed by atoms with van der Waals surface area (Å²) in [5.74, 6) is -0.493. The van der Waals surface area contributed by atoms with Gasteiger partial charge in [-0.3, -0.25) is 9.59 Å². The third kappa shape index (κ3) is 15.6. The molecule has 2 aromatic carbocycles. The van der Waals surface area contributed by atoms with Crippen LogP contribution in [0.4, 0.5) is 15.4 Å². The lowest BCUT2D eigenvalue weighted by Gasteiger charge is -2.21. The number of benzene rings is 2. The van der Waals surface area contributed by atoms with Crippen LogP contribution in [-0.4, -0.2) is 77.7 Å². The summed E-state index contributed by atoms with van der Waals surface area (Å²) < 4.78 is 32.7. The summed E-state index contributed by atoms with van der Waals surface area (Å²) >= 11 is 7.19. The van der Waals surface area contributed by atoms with Gasteiger partial charge in [-0.15, -0.1) is 0 Å². The number of pyridine rings is 1. The summed E-state index contributed by atoms with van der Waals surface area (Å²) in [6.45, 7) is 9.43. The average Bonchev–Trinajstić information content (AvgIpc) is 3.66. The lowest BCUT2D eigenvalue weighted by Crippen LogP contribution is -2.35. The standard InChI is InChI=1S/C42H46ClN7O10S/c1-41(2,3)59-39(53)47-17-15-33(51)56-23-30(58-34(52)16-18-48-40(54)60-42(4,5)6)22-55-29-13-9-25(10-14-29)35-31(19-44)36(46)50-38(32(35)20-45)61-24-28-21-57-37(49-28)26-7-11-27(43)12-8-26/h7-14,21,30H,15-18,22-24H2,1-6H3,(H2,46,50)(H,47,53)(H,48,54)/t30-/m0/s1. The Labute approximate surface area is 362 Å². The van der Waals surface area contributed by atoms with Crippen LogP contribution in [0.3, 0.4) is 0 Å². The normalized spacial score (nSPS) is 11.6. The number of carbonyl (C=O) groups excluding carboxylic acids is 4. The quantitative estimate of drug-likeness (QED) is 0.0533. The first-order valence-corrected chi connectivity index (χ1v) is 20.2. The Morgan fingerprint density at radius 2 is 1.39 bits per heavy atom. The Kier molecular flexibility index (Phi) is 16.8. The summed E-state index contributed by atoms with van der Waals surface area (Å²) in [4.78, 5) is 58.1. The van der Waals surface area contributed by atoms with Crippen molar-refractivity contribution in [3.05, 3.63) is 76.6 Å². The number of thioether (sulfide) groups is 1. The van der Waals surface area contributed by atoms with Gasteiger partial charge in [0, 0.05) is 35.0 Å². The highest BCUT2D eigenvalue weighted by Gasteiger charge is 2.23. The van der Waals surface area contributed by atoms with E-state index in [2.05, 4.69) is 32.7 Å². The lowest BCUT2D eigenvalue weighted by atomic mass is 9.97. The molecule has 322 valence electrons. The van der Waals surface area contributed by atoms with Gasteiger partial charge >= 0.3 is 24.1 Å². The Hall–Kier alpha value is -6.50. The van der Waals surface area contributed by atoms with E-state index in [9.17, 15) is 29.7 Å². The van der Waals surface area contributed by atoms with Crippen LogP contribution in [0.25, 0.3) is 22.6 Å². The number of amides is 2. The van der Waals surface area contributed by atoms with Crippen molar-refractivity contribution in [2.75, 3.05) is 32.0 Å². The van der Waals surface area contributed by atoms with Gasteiger partial charge in [0.15, 0.2) is 6.10 Å². The summed E-state index contributed by atoms with van der Waals surface area (Å²) in [5.41, 5.74) is 6.98. The minimum Gasteiger partial charge on any atom is -0.490 e. The number of hydrogen-bond donors (Lipinski definition) is 3. The Morgan fingerprint density at radius 3 is 1.97 bits per heavy atom. The predicted molar refractivity (Wildman–Crippen MR) is 224 cm³/mol. The number of carbonyl (C=O) groups is 4. The van der Waals surface area contributed by atoms with E-state index in [-0.39, 0.29) is 72.4 Å². The maximum absolute atomic E-state index is 12.8. The molecule has 2 heterocycles. The van der Waals surface area contributed by atoms with Crippen molar-refractivity contribution >= 4 is 53.3 Å². The summed E-state index contributed by atoms with van der Waals surface area (Å²) in [6, 6.07) is 17.6. The molecule has 0 saturated heterocycles. The number of esters is 2. The Bertz CT molecular complexity index is 2260. The molecule has 2 aromatic heterocycles. The van der Waals surface area contributed by atoms with E-state index < -0.39 is 41.4 Å². The number of nitrogens with one attached hydrogen (secondary N) is 2. The number of nitrogen functional groups attached to an aromatic ring is 1. The minimum atomic E-state index is -1.08. The summed E-state index contributed by atoms with van der Waals surface area (Å²) in [6.07, 6.45) is -1.40. The molecule has 0 aliphatic heterocycles. The first-order chi connectivity index (χ1) is 28.8. The number of aromatic nitrogens is 2. The SMILES string of the molecule is CC(C)(C)OC(=O)NCCC(=O)OC[C@H](COc1ccc(-c2c(C#N)c(N)nc(SCc3coc(-c4ccc(Cl)cc4)n3)c2C#N)cc1)OC(=O)CCNC(=O)OC(C)(C)C. The molecule has 0 aliphatic carbocycles. The number of hydrogen-bond acceptors (Lipinski definition) is 16. The van der Waals surface area contributed by atoms with Gasteiger partial charge < -0.3 is 44.5 Å². The van der Waals surface area contributed by atoms with Crippen LogP contribution >= 0.6 is 23.4 Å². The number of alkyl carbamates (subject to hydrolysis) is 2. The highest BCUT2D eigenvalue weighted by atomic mass is 35.5. The number of nitriles is 2. The lowest BCUT2D eigenvalue weighted by molar-refractivity contribution is -0.160. The molecule has 19 heteroatoms. The number of anilines is 1. The predicted octanol–water partition coefficient (Wildman–Crippen LogP) is 7.34. The first kappa shape index (κ1) is 47.2. The van der Waals surface area contributed by atoms with Gasteiger partial charge in [-0.25, -0.2) is 19.6 Å². The molecule has 0 aliphatic rings. The van der Waals surface area contributed by atoms with Gasteiger partial charge in [-0.05, 0) is 83.5 Å². The Morgan fingerprint density at radius 1 is 0.820 bits per heavy atom. The smallest absolute Gasteiger partial charge is 0.407 e. The van der Waals surface area contributed by atoms with Gasteiger partial charge in [0.2, 0.25) is 5.89 Å². The van der Waals surface area contributed by atoms with E-state index in [0.29, 0.717) is 27.9 Å². The van der Waals surface area contributed by atoms with Crippen molar-refractivity contribution in [1.29, 1.82) is 10.5 Å². The topological polar surface area (TPSA) is 251 Å². The zero-order chi connectivity index (χ0) is 44.7. The highest BCUT2D eigenvalue weighted by Crippen LogP contribution is 2.37. The van der Waals surface area contributed by atoms with E-state index in [0.717, 1.165) is 5.56 Å².